The molecule has 1 heterocycles. The minimum absolute atomic E-state index is 0.0628. The maximum Gasteiger partial charge on any atom is 0.303 e. The van der Waals surface area contributed by atoms with E-state index >= 15 is 0 Å². The average Bonchev–Trinajstić information content (AvgIpc) is 2.96. The molecule has 15 heavy (non-hydrogen) atoms. The predicted molar refractivity (Wildman–Crippen MR) is 53.8 cm³/mol. The van der Waals surface area contributed by atoms with Crippen LogP contribution >= 0.6 is 0 Å². The molecule has 0 saturated carbocycles. The van der Waals surface area contributed by atoms with Crippen LogP contribution in [0.2, 0.25) is 0 Å². The third-order valence-corrected chi connectivity index (χ3v) is 1.89. The van der Waals surface area contributed by atoms with E-state index in [1.54, 1.807) is 0 Å². The van der Waals surface area contributed by atoms with Crippen LogP contribution < -0.4 is 0 Å². The Bertz CT molecular complexity index is 182. The maximum atomic E-state index is 9.90. The molecule has 0 aliphatic carbocycles. The quantitative estimate of drug-likeness (QED) is 0.521. The van der Waals surface area contributed by atoms with Crippen molar-refractivity contribution in [1.29, 1.82) is 0 Å². The Morgan fingerprint density at radius 1 is 1.20 bits per heavy atom. The van der Waals surface area contributed by atoms with Gasteiger partial charge in [0.1, 0.15) is 0 Å². The van der Waals surface area contributed by atoms with Crippen molar-refractivity contribution >= 4 is 11.9 Å². The molecule has 1 aliphatic rings. The first kappa shape index (κ1) is 13.9. The molecule has 1 rings (SSSR count). The number of aliphatic carboxylic acids is 2. The summed E-state index contributed by atoms with van der Waals surface area (Å²) in [5.41, 5.74) is 0. The fourth-order valence-electron chi connectivity index (χ4n) is 0.856. The number of ether oxygens (including phenoxy) is 1. The van der Waals surface area contributed by atoms with Crippen molar-refractivity contribution in [2.24, 2.45) is 0 Å². The van der Waals surface area contributed by atoms with Crippen molar-refractivity contribution in [3.8, 4) is 0 Å². The second-order valence-electron chi connectivity index (χ2n) is 3.36. The maximum absolute atomic E-state index is 9.90. The number of unbranched alkanes of at least 4 members (excludes halogenated alkanes) is 1. The van der Waals surface area contributed by atoms with Crippen LogP contribution in [-0.2, 0) is 14.3 Å². The largest absolute Gasteiger partial charge is 0.481 e. The fraction of sp³-hybridized carbons (Fsp3) is 0.800. The van der Waals surface area contributed by atoms with Gasteiger partial charge >= 0.3 is 11.9 Å². The highest BCUT2D eigenvalue weighted by atomic mass is 16.6. The summed E-state index contributed by atoms with van der Waals surface area (Å²) < 4.78 is 4.86. The van der Waals surface area contributed by atoms with Gasteiger partial charge in [0.2, 0.25) is 0 Å². The molecule has 0 aromatic heterocycles. The van der Waals surface area contributed by atoms with Gasteiger partial charge in [0, 0.05) is 12.8 Å². The lowest BCUT2D eigenvalue weighted by Crippen LogP contribution is -1.97. The van der Waals surface area contributed by atoms with E-state index in [9.17, 15) is 9.59 Å². The third kappa shape index (κ3) is 12.9. The van der Waals surface area contributed by atoms with Crippen LogP contribution in [0.15, 0.2) is 0 Å². The summed E-state index contributed by atoms with van der Waals surface area (Å²) in [5, 5.41) is 16.3. The van der Waals surface area contributed by atoms with Gasteiger partial charge in [-0.3, -0.25) is 9.59 Å². The smallest absolute Gasteiger partial charge is 0.303 e. The van der Waals surface area contributed by atoms with Crippen molar-refractivity contribution in [3.05, 3.63) is 0 Å². The van der Waals surface area contributed by atoms with Gasteiger partial charge in [0.25, 0.3) is 0 Å². The van der Waals surface area contributed by atoms with E-state index in [1.165, 1.54) is 6.42 Å². The van der Waals surface area contributed by atoms with Gasteiger partial charge in [0.05, 0.1) is 12.7 Å². The van der Waals surface area contributed by atoms with E-state index in [2.05, 4.69) is 6.92 Å². The lowest BCUT2D eigenvalue weighted by molar-refractivity contribution is -0.139. The summed E-state index contributed by atoms with van der Waals surface area (Å²) >= 11 is 0. The first-order valence-corrected chi connectivity index (χ1v) is 5.11. The molecule has 0 spiro atoms. The van der Waals surface area contributed by atoms with Crippen molar-refractivity contribution in [3.63, 3.8) is 0 Å². The molecule has 5 heteroatoms. The van der Waals surface area contributed by atoms with Crippen molar-refractivity contribution in [1.82, 2.24) is 0 Å². The van der Waals surface area contributed by atoms with E-state index in [-0.39, 0.29) is 12.8 Å². The van der Waals surface area contributed by atoms with E-state index in [1.807, 2.05) is 0 Å². The van der Waals surface area contributed by atoms with Crippen molar-refractivity contribution in [2.45, 2.75) is 45.1 Å². The topological polar surface area (TPSA) is 87.1 Å². The summed E-state index contributed by atoms with van der Waals surface area (Å²) in [7, 11) is 0. The molecular formula is C10H18O5. The minimum Gasteiger partial charge on any atom is -0.481 e. The highest BCUT2D eigenvalue weighted by Gasteiger charge is 2.18. The minimum atomic E-state index is -0.870. The Labute approximate surface area is 89.0 Å². The highest BCUT2D eigenvalue weighted by Crippen LogP contribution is 2.10. The Kier molecular flexibility index (Phi) is 7.62. The SMILES string of the molecule is CCC1CO1.O=C(O)CCCCC(=O)O. The first-order chi connectivity index (χ1) is 7.06. The number of hydrogen-bond donors (Lipinski definition) is 2. The zero-order valence-electron chi connectivity index (χ0n) is 8.94. The van der Waals surface area contributed by atoms with E-state index in [0.29, 0.717) is 18.9 Å². The van der Waals surface area contributed by atoms with Gasteiger partial charge in [0.15, 0.2) is 0 Å². The third-order valence-electron chi connectivity index (χ3n) is 1.89. The molecule has 0 radical (unpaired) electrons. The molecule has 5 nitrogen and oxygen atoms in total. The molecule has 0 bridgehead atoms. The van der Waals surface area contributed by atoms with Gasteiger partial charge in [-0.25, -0.2) is 0 Å². The van der Waals surface area contributed by atoms with E-state index in [4.69, 9.17) is 14.9 Å². The van der Waals surface area contributed by atoms with Crippen LogP contribution in [0.4, 0.5) is 0 Å². The molecule has 1 atom stereocenters. The number of carboxylic acids is 2. The van der Waals surface area contributed by atoms with Crippen LogP contribution in [0.3, 0.4) is 0 Å². The second kappa shape index (κ2) is 8.23. The number of carbonyl (C=O) groups is 2. The van der Waals surface area contributed by atoms with Gasteiger partial charge in [-0.1, -0.05) is 6.92 Å². The van der Waals surface area contributed by atoms with Crippen LogP contribution in [0.25, 0.3) is 0 Å². The number of epoxide rings is 1. The van der Waals surface area contributed by atoms with Gasteiger partial charge in [-0.05, 0) is 19.3 Å². The molecule has 1 aliphatic heterocycles. The Morgan fingerprint density at radius 3 is 1.73 bits per heavy atom. The van der Waals surface area contributed by atoms with Crippen LogP contribution in [0.5, 0.6) is 0 Å². The lowest BCUT2D eigenvalue weighted by Gasteiger charge is -1.92. The fourth-order valence-corrected chi connectivity index (χ4v) is 0.856. The summed E-state index contributed by atoms with van der Waals surface area (Å²) in [6.45, 7) is 3.15. The molecule has 0 aromatic carbocycles. The van der Waals surface area contributed by atoms with Gasteiger partial charge in [-0.2, -0.15) is 0 Å². The second-order valence-corrected chi connectivity index (χ2v) is 3.36. The van der Waals surface area contributed by atoms with Crippen LogP contribution in [-0.4, -0.2) is 34.9 Å². The summed E-state index contributed by atoms with van der Waals surface area (Å²) in [4.78, 5) is 19.8. The van der Waals surface area contributed by atoms with Gasteiger partial charge < -0.3 is 14.9 Å². The summed E-state index contributed by atoms with van der Waals surface area (Å²) in [5.74, 6) is -1.74. The zero-order valence-corrected chi connectivity index (χ0v) is 8.94. The number of hydrogen-bond acceptors (Lipinski definition) is 3. The average molecular weight is 218 g/mol. The van der Waals surface area contributed by atoms with Crippen LogP contribution in [0, 0.1) is 0 Å². The van der Waals surface area contributed by atoms with E-state index < -0.39 is 11.9 Å². The molecular weight excluding hydrogens is 200 g/mol. The zero-order chi connectivity index (χ0) is 11.7. The Morgan fingerprint density at radius 2 is 1.60 bits per heavy atom. The Balaban J connectivity index is 0.000000322. The molecule has 1 saturated heterocycles. The van der Waals surface area contributed by atoms with Crippen molar-refractivity contribution in [2.75, 3.05) is 6.61 Å². The monoisotopic (exact) mass is 218 g/mol. The van der Waals surface area contributed by atoms with Gasteiger partial charge in [-0.15, -0.1) is 0 Å². The highest BCUT2D eigenvalue weighted by molar-refractivity contribution is 5.67. The number of carboxylic acid groups (broad SMARTS) is 2. The first-order valence-electron chi connectivity index (χ1n) is 5.11. The molecule has 1 fully saturated rings. The molecule has 1 unspecified atom stereocenters. The van der Waals surface area contributed by atoms with E-state index in [0.717, 1.165) is 6.61 Å². The molecule has 88 valence electrons. The molecule has 0 amide bonds. The normalized spacial score (nSPS) is 17.5. The summed E-state index contributed by atoms with van der Waals surface area (Å²) in [6.07, 6.45) is 2.85. The molecule has 0 aromatic rings. The van der Waals surface area contributed by atoms with Crippen molar-refractivity contribution < 1.29 is 24.5 Å². The molecule has 2 N–H and O–H groups in total. The standard InChI is InChI=1S/C6H10O4.C4H8O/c7-5(8)3-1-2-4-6(9)10;1-2-4-3-5-4/h1-4H2,(H,7,8)(H,9,10);4H,2-3H2,1H3. The lowest BCUT2D eigenvalue weighted by atomic mass is 10.2. The predicted octanol–water partition coefficient (Wildman–Crippen LogP) is 1.51. The Hall–Kier alpha value is -1.10. The van der Waals surface area contributed by atoms with Crippen LogP contribution in [0.1, 0.15) is 39.0 Å². The summed E-state index contributed by atoms with van der Waals surface area (Å²) in [6, 6.07) is 0. The number of rotatable bonds is 6.